The van der Waals surface area contributed by atoms with E-state index in [1.807, 2.05) is 38.1 Å². The summed E-state index contributed by atoms with van der Waals surface area (Å²) in [5, 5.41) is 5.11. The Morgan fingerprint density at radius 2 is 1.76 bits per heavy atom. The maximum absolute atomic E-state index is 6.14. The van der Waals surface area contributed by atoms with Gasteiger partial charge in [-0.25, -0.2) is 0 Å². The summed E-state index contributed by atoms with van der Waals surface area (Å²) in [6.07, 6.45) is 1.66. The summed E-state index contributed by atoms with van der Waals surface area (Å²) in [6, 6.07) is 11.5. The van der Waals surface area contributed by atoms with Crippen LogP contribution in [0.2, 0.25) is 10.0 Å². The first kappa shape index (κ1) is 15.7. The molecule has 2 aromatic carbocycles. The molecule has 2 aromatic rings. The zero-order valence-electron chi connectivity index (χ0n) is 11.9. The summed E-state index contributed by atoms with van der Waals surface area (Å²) in [6.45, 7) is 4.44. The van der Waals surface area contributed by atoms with Crippen LogP contribution < -0.4 is 10.2 Å². The first-order chi connectivity index (χ1) is 10.1. The average molecular weight is 323 g/mol. The van der Waals surface area contributed by atoms with Crippen LogP contribution in [0, 0.1) is 6.92 Å². The van der Waals surface area contributed by atoms with Crippen LogP contribution in [0.1, 0.15) is 18.1 Å². The molecule has 0 atom stereocenters. The van der Waals surface area contributed by atoms with Crippen molar-refractivity contribution in [3.05, 3.63) is 57.6 Å². The number of benzene rings is 2. The molecule has 110 valence electrons. The second kappa shape index (κ2) is 7.34. The van der Waals surface area contributed by atoms with Crippen LogP contribution in [0.15, 0.2) is 41.5 Å². The molecule has 0 saturated heterocycles. The Morgan fingerprint density at radius 3 is 2.33 bits per heavy atom. The molecule has 0 aliphatic heterocycles. The molecular weight excluding hydrogens is 307 g/mol. The van der Waals surface area contributed by atoms with Crippen molar-refractivity contribution < 1.29 is 4.74 Å². The molecule has 3 nitrogen and oxygen atoms in total. The quantitative estimate of drug-likeness (QED) is 0.610. The fourth-order valence-electron chi connectivity index (χ4n) is 1.75. The van der Waals surface area contributed by atoms with Crippen LogP contribution in [0.4, 0.5) is 5.69 Å². The SMILES string of the molecule is CCOc1c(Cl)cc(/C=N/Nc2ccc(C)cc2)cc1Cl. The Balaban J connectivity index is 2.09. The van der Waals surface area contributed by atoms with E-state index in [9.17, 15) is 0 Å². The summed E-state index contributed by atoms with van der Waals surface area (Å²) in [7, 11) is 0. The molecule has 0 unspecified atom stereocenters. The van der Waals surface area contributed by atoms with Gasteiger partial charge in [-0.3, -0.25) is 5.43 Å². The predicted octanol–water partition coefficient (Wildman–Crippen LogP) is 5.15. The summed E-state index contributed by atoms with van der Waals surface area (Å²) >= 11 is 12.3. The van der Waals surface area contributed by atoms with Gasteiger partial charge in [0.15, 0.2) is 5.75 Å². The second-order valence-corrected chi connectivity index (χ2v) is 5.30. The molecule has 5 heteroatoms. The highest BCUT2D eigenvalue weighted by Gasteiger charge is 2.08. The zero-order valence-corrected chi connectivity index (χ0v) is 13.4. The van der Waals surface area contributed by atoms with Crippen molar-refractivity contribution in [2.24, 2.45) is 5.10 Å². The summed E-state index contributed by atoms with van der Waals surface area (Å²) < 4.78 is 5.38. The topological polar surface area (TPSA) is 33.6 Å². The van der Waals surface area contributed by atoms with E-state index in [0.29, 0.717) is 22.4 Å². The van der Waals surface area contributed by atoms with E-state index in [1.54, 1.807) is 18.3 Å². The maximum Gasteiger partial charge on any atom is 0.156 e. The van der Waals surface area contributed by atoms with Crippen LogP contribution in [0.3, 0.4) is 0 Å². The highest BCUT2D eigenvalue weighted by atomic mass is 35.5. The number of hydrazone groups is 1. The Morgan fingerprint density at radius 1 is 1.14 bits per heavy atom. The van der Waals surface area contributed by atoms with E-state index in [4.69, 9.17) is 27.9 Å². The van der Waals surface area contributed by atoms with Crippen LogP contribution in [0.25, 0.3) is 0 Å². The van der Waals surface area contributed by atoms with Crippen molar-refractivity contribution in [3.63, 3.8) is 0 Å². The van der Waals surface area contributed by atoms with Gasteiger partial charge in [0.05, 0.1) is 28.6 Å². The van der Waals surface area contributed by atoms with E-state index in [0.717, 1.165) is 11.3 Å². The normalized spacial score (nSPS) is 10.9. The lowest BCUT2D eigenvalue weighted by Crippen LogP contribution is -1.95. The number of ether oxygens (including phenoxy) is 1. The number of nitrogens with zero attached hydrogens (tertiary/aromatic N) is 1. The van der Waals surface area contributed by atoms with Gasteiger partial charge in [-0.2, -0.15) is 5.10 Å². The van der Waals surface area contributed by atoms with Gasteiger partial charge in [-0.1, -0.05) is 40.9 Å². The van der Waals surface area contributed by atoms with Crippen LogP contribution >= 0.6 is 23.2 Å². The van der Waals surface area contributed by atoms with Crippen LogP contribution in [-0.4, -0.2) is 12.8 Å². The summed E-state index contributed by atoms with van der Waals surface area (Å²) in [4.78, 5) is 0. The number of rotatable bonds is 5. The van der Waals surface area contributed by atoms with E-state index < -0.39 is 0 Å². The third kappa shape index (κ3) is 4.38. The minimum atomic E-state index is 0.473. The lowest BCUT2D eigenvalue weighted by atomic mass is 10.2. The first-order valence-corrected chi connectivity index (χ1v) is 7.33. The maximum atomic E-state index is 6.14. The Hall–Kier alpha value is -1.71. The minimum Gasteiger partial charge on any atom is -0.491 e. The molecule has 0 bridgehead atoms. The monoisotopic (exact) mass is 322 g/mol. The van der Waals surface area contributed by atoms with Crippen molar-refractivity contribution in [2.45, 2.75) is 13.8 Å². The average Bonchev–Trinajstić information content (AvgIpc) is 2.45. The lowest BCUT2D eigenvalue weighted by molar-refractivity contribution is 0.340. The molecular formula is C16H16Cl2N2O. The molecule has 2 rings (SSSR count). The summed E-state index contributed by atoms with van der Waals surface area (Å²) in [5.74, 6) is 0.504. The largest absolute Gasteiger partial charge is 0.491 e. The highest BCUT2D eigenvalue weighted by Crippen LogP contribution is 2.33. The zero-order chi connectivity index (χ0) is 15.2. The number of hydrogen-bond acceptors (Lipinski definition) is 3. The fourth-order valence-corrected chi connectivity index (χ4v) is 2.36. The van der Waals surface area contributed by atoms with Crippen LogP contribution in [0.5, 0.6) is 5.75 Å². The first-order valence-electron chi connectivity index (χ1n) is 6.57. The number of halogens is 2. The molecule has 0 radical (unpaired) electrons. The van der Waals surface area contributed by atoms with Gasteiger partial charge < -0.3 is 4.74 Å². The van der Waals surface area contributed by atoms with Crippen molar-refractivity contribution >= 4 is 35.1 Å². The molecule has 0 aliphatic rings. The van der Waals surface area contributed by atoms with Crippen molar-refractivity contribution in [1.29, 1.82) is 0 Å². The fraction of sp³-hybridized carbons (Fsp3) is 0.188. The molecule has 21 heavy (non-hydrogen) atoms. The molecule has 0 aliphatic carbocycles. The molecule has 1 N–H and O–H groups in total. The molecule has 0 saturated carbocycles. The summed E-state index contributed by atoms with van der Waals surface area (Å²) in [5.41, 5.74) is 5.87. The van der Waals surface area contributed by atoms with Crippen molar-refractivity contribution in [1.82, 2.24) is 0 Å². The van der Waals surface area contributed by atoms with Crippen molar-refractivity contribution in [3.8, 4) is 5.75 Å². The van der Waals surface area contributed by atoms with Gasteiger partial charge in [0.2, 0.25) is 0 Å². The van der Waals surface area contributed by atoms with Gasteiger partial charge in [-0.05, 0) is 43.7 Å². The van der Waals surface area contributed by atoms with Gasteiger partial charge in [0.1, 0.15) is 0 Å². The number of anilines is 1. The Labute approximate surface area is 134 Å². The van der Waals surface area contributed by atoms with Gasteiger partial charge in [0, 0.05) is 0 Å². The molecule has 0 heterocycles. The molecule has 0 fully saturated rings. The molecule has 0 aromatic heterocycles. The minimum absolute atomic E-state index is 0.473. The number of nitrogens with one attached hydrogen (secondary N) is 1. The van der Waals surface area contributed by atoms with Gasteiger partial charge >= 0.3 is 0 Å². The van der Waals surface area contributed by atoms with Crippen molar-refractivity contribution in [2.75, 3.05) is 12.0 Å². The standard InChI is InChI=1S/C16H16Cl2N2O/c1-3-21-16-14(17)8-12(9-15(16)18)10-19-20-13-6-4-11(2)5-7-13/h4-10,20H,3H2,1-2H3/b19-10+. The molecule has 0 spiro atoms. The molecule has 0 amide bonds. The number of aryl methyl sites for hydroxylation is 1. The van der Waals surface area contributed by atoms with Crippen LogP contribution in [-0.2, 0) is 0 Å². The smallest absolute Gasteiger partial charge is 0.156 e. The number of hydrogen-bond donors (Lipinski definition) is 1. The Kier molecular flexibility index (Phi) is 5.48. The van der Waals surface area contributed by atoms with Gasteiger partial charge in [-0.15, -0.1) is 0 Å². The second-order valence-electron chi connectivity index (χ2n) is 4.48. The lowest BCUT2D eigenvalue weighted by Gasteiger charge is -2.08. The predicted molar refractivity (Wildman–Crippen MR) is 90.0 cm³/mol. The van der Waals surface area contributed by atoms with Gasteiger partial charge in [0.25, 0.3) is 0 Å². The van der Waals surface area contributed by atoms with E-state index >= 15 is 0 Å². The van der Waals surface area contributed by atoms with E-state index in [1.165, 1.54) is 5.56 Å². The third-order valence-electron chi connectivity index (χ3n) is 2.77. The van der Waals surface area contributed by atoms with E-state index in [2.05, 4.69) is 10.5 Å². The van der Waals surface area contributed by atoms with E-state index in [-0.39, 0.29) is 0 Å². The Bertz CT molecular complexity index is 616. The third-order valence-corrected chi connectivity index (χ3v) is 3.33. The highest BCUT2D eigenvalue weighted by molar-refractivity contribution is 6.37.